The molecule has 0 aliphatic rings. The molecule has 0 spiro atoms. The Morgan fingerprint density at radius 2 is 1.52 bits per heavy atom. The minimum atomic E-state index is -3.82. The van der Waals surface area contributed by atoms with Gasteiger partial charge in [-0.3, -0.25) is 0 Å². The third-order valence-corrected chi connectivity index (χ3v) is 6.47. The van der Waals surface area contributed by atoms with E-state index in [2.05, 4.69) is 15.4 Å². The number of urea groups is 1. The van der Waals surface area contributed by atoms with Gasteiger partial charge >= 0.3 is 11.7 Å². The zero-order valence-corrected chi connectivity index (χ0v) is 18.4. The van der Waals surface area contributed by atoms with Crippen molar-refractivity contribution in [2.45, 2.75) is 17.9 Å². The lowest BCUT2D eigenvalue weighted by Gasteiger charge is -2.16. The van der Waals surface area contributed by atoms with Crippen molar-refractivity contribution in [3.63, 3.8) is 0 Å². The smallest absolute Gasteiger partial charge is 0.336 e. The van der Waals surface area contributed by atoms with E-state index in [0.717, 1.165) is 5.56 Å². The number of nitrogens with one attached hydrogen (secondary N) is 3. The fourth-order valence-corrected chi connectivity index (χ4v) is 4.52. The lowest BCUT2D eigenvalue weighted by atomic mass is 10.1. The van der Waals surface area contributed by atoms with E-state index < -0.39 is 21.7 Å². The molecule has 3 aromatic carbocycles. The molecule has 0 radical (unpaired) electrons. The highest BCUT2D eigenvalue weighted by molar-refractivity contribution is 7.89. The van der Waals surface area contributed by atoms with Gasteiger partial charge < -0.3 is 15.1 Å². The van der Waals surface area contributed by atoms with Gasteiger partial charge in [0, 0.05) is 28.9 Å². The normalized spacial score (nSPS) is 12.3. The van der Waals surface area contributed by atoms with Gasteiger partial charge in [-0.05, 0) is 61.0 Å². The van der Waals surface area contributed by atoms with Crippen LogP contribution in [-0.2, 0) is 10.0 Å². The maximum atomic E-state index is 12.8. The molecule has 0 saturated carbocycles. The van der Waals surface area contributed by atoms with E-state index in [1.165, 1.54) is 30.3 Å². The van der Waals surface area contributed by atoms with E-state index in [9.17, 15) is 18.0 Å². The molecule has 33 heavy (non-hydrogen) atoms. The predicted octanol–water partition coefficient (Wildman–Crippen LogP) is 4.48. The van der Waals surface area contributed by atoms with E-state index in [-0.39, 0.29) is 10.9 Å². The fourth-order valence-electron chi connectivity index (χ4n) is 3.26. The maximum Gasteiger partial charge on any atom is 0.336 e. The second kappa shape index (κ2) is 9.27. The number of sulfonamides is 1. The van der Waals surface area contributed by atoms with Crippen molar-refractivity contribution in [3.05, 3.63) is 101 Å². The molecule has 8 nitrogen and oxygen atoms in total. The first-order valence-corrected chi connectivity index (χ1v) is 11.6. The third kappa shape index (κ3) is 5.46. The van der Waals surface area contributed by atoms with Gasteiger partial charge in [0.25, 0.3) is 0 Å². The van der Waals surface area contributed by atoms with Crippen molar-refractivity contribution < 1.29 is 17.6 Å². The molecule has 1 heterocycles. The first-order chi connectivity index (χ1) is 15.8. The van der Waals surface area contributed by atoms with Crippen LogP contribution >= 0.6 is 0 Å². The van der Waals surface area contributed by atoms with E-state index in [4.69, 9.17) is 4.42 Å². The van der Waals surface area contributed by atoms with E-state index in [0.29, 0.717) is 22.3 Å². The van der Waals surface area contributed by atoms with Gasteiger partial charge in [0.05, 0.1) is 4.90 Å². The average molecular weight is 464 g/mol. The van der Waals surface area contributed by atoms with Crippen molar-refractivity contribution >= 4 is 38.4 Å². The Hall–Kier alpha value is -3.95. The van der Waals surface area contributed by atoms with Crippen LogP contribution in [0.15, 0.2) is 99.0 Å². The minimum Gasteiger partial charge on any atom is -0.423 e. The van der Waals surface area contributed by atoms with Gasteiger partial charge in [-0.2, -0.15) is 0 Å². The first kappa shape index (κ1) is 22.3. The van der Waals surface area contributed by atoms with Crippen LogP contribution in [0.2, 0.25) is 0 Å². The van der Waals surface area contributed by atoms with Gasteiger partial charge in [-0.15, -0.1) is 0 Å². The number of hydrogen-bond donors (Lipinski definition) is 3. The van der Waals surface area contributed by atoms with Gasteiger partial charge in [0.2, 0.25) is 10.0 Å². The van der Waals surface area contributed by atoms with Crippen LogP contribution in [0, 0.1) is 0 Å². The number of rotatable bonds is 6. The molecule has 9 heteroatoms. The number of carbonyl (C=O) groups is 1. The van der Waals surface area contributed by atoms with Crippen LogP contribution in [0.5, 0.6) is 0 Å². The van der Waals surface area contributed by atoms with Gasteiger partial charge in [0.15, 0.2) is 0 Å². The molecule has 0 bridgehead atoms. The lowest BCUT2D eigenvalue weighted by Crippen LogP contribution is -2.27. The summed E-state index contributed by atoms with van der Waals surface area (Å²) in [5.74, 6) is 0. The van der Waals surface area contributed by atoms with Crippen molar-refractivity contribution in [1.82, 2.24) is 4.72 Å². The van der Waals surface area contributed by atoms with Crippen LogP contribution in [0.4, 0.5) is 16.2 Å². The largest absolute Gasteiger partial charge is 0.423 e. The highest BCUT2D eigenvalue weighted by atomic mass is 32.2. The van der Waals surface area contributed by atoms with Crippen molar-refractivity contribution in [1.29, 1.82) is 0 Å². The number of para-hydroxylation sites is 1. The number of fused-ring (bicyclic) bond motifs is 1. The number of carbonyl (C=O) groups excluding carboxylic acids is 1. The van der Waals surface area contributed by atoms with Gasteiger partial charge in [0.1, 0.15) is 5.58 Å². The molecule has 0 aliphatic heterocycles. The summed E-state index contributed by atoms with van der Waals surface area (Å²) in [6.45, 7) is 1.72. The number of hydrogen-bond acceptors (Lipinski definition) is 5. The molecule has 0 fully saturated rings. The molecule has 1 unspecified atom stereocenters. The van der Waals surface area contributed by atoms with Crippen molar-refractivity contribution in [2.24, 2.45) is 0 Å². The molecule has 0 aliphatic carbocycles. The highest BCUT2D eigenvalue weighted by Crippen LogP contribution is 2.22. The summed E-state index contributed by atoms with van der Waals surface area (Å²) in [6.07, 6.45) is 0. The number of anilines is 2. The third-order valence-electron chi connectivity index (χ3n) is 4.93. The van der Waals surface area contributed by atoms with E-state index >= 15 is 0 Å². The molecule has 1 aromatic heterocycles. The number of amides is 2. The standard InChI is InChI=1S/C24H21N3O5S/c1-16(27-33(30,31)21-12-13-22-18(15-21)9-14-23(28)32-22)17-7-10-20(11-8-17)26-24(29)25-19-5-3-2-4-6-19/h2-16,27H,1H3,(H2,25,26,29). The van der Waals surface area contributed by atoms with Crippen LogP contribution in [0.3, 0.4) is 0 Å². The monoisotopic (exact) mass is 463 g/mol. The predicted molar refractivity (Wildman–Crippen MR) is 127 cm³/mol. The number of benzene rings is 3. The molecular formula is C24H21N3O5S. The SMILES string of the molecule is CC(NS(=O)(=O)c1ccc2oc(=O)ccc2c1)c1ccc(NC(=O)Nc2ccccc2)cc1. The molecule has 2 amide bonds. The summed E-state index contributed by atoms with van der Waals surface area (Å²) < 4.78 is 33.4. The van der Waals surface area contributed by atoms with Crippen LogP contribution in [0.1, 0.15) is 18.5 Å². The minimum absolute atomic E-state index is 0.0616. The summed E-state index contributed by atoms with van der Waals surface area (Å²) >= 11 is 0. The Bertz CT molecular complexity index is 1450. The van der Waals surface area contributed by atoms with Crippen LogP contribution in [-0.4, -0.2) is 14.4 Å². The molecule has 4 aromatic rings. The van der Waals surface area contributed by atoms with Gasteiger partial charge in [-0.1, -0.05) is 30.3 Å². The fraction of sp³-hybridized carbons (Fsp3) is 0.0833. The summed E-state index contributed by atoms with van der Waals surface area (Å²) in [5, 5.41) is 5.97. The highest BCUT2D eigenvalue weighted by Gasteiger charge is 2.19. The van der Waals surface area contributed by atoms with Crippen LogP contribution < -0.4 is 21.0 Å². The second-order valence-corrected chi connectivity index (χ2v) is 9.08. The lowest BCUT2D eigenvalue weighted by molar-refractivity contribution is 0.262. The first-order valence-electron chi connectivity index (χ1n) is 10.1. The van der Waals surface area contributed by atoms with Crippen LogP contribution in [0.25, 0.3) is 11.0 Å². The topological polar surface area (TPSA) is 118 Å². The quantitative estimate of drug-likeness (QED) is 0.365. The Morgan fingerprint density at radius 1 is 0.848 bits per heavy atom. The van der Waals surface area contributed by atoms with Crippen molar-refractivity contribution in [3.8, 4) is 0 Å². The van der Waals surface area contributed by atoms with Gasteiger partial charge in [-0.25, -0.2) is 22.7 Å². The summed E-state index contributed by atoms with van der Waals surface area (Å²) in [6, 6.07) is 22.1. The van der Waals surface area contributed by atoms with Crippen molar-refractivity contribution in [2.75, 3.05) is 10.6 Å². The Labute approximate surface area is 190 Å². The Balaban J connectivity index is 1.42. The zero-order valence-electron chi connectivity index (χ0n) is 17.6. The Kier molecular flexibility index (Phi) is 6.25. The van der Waals surface area contributed by atoms with E-state index in [1.54, 1.807) is 43.3 Å². The molecule has 4 rings (SSSR count). The average Bonchev–Trinajstić information content (AvgIpc) is 2.79. The molecule has 0 saturated heterocycles. The molecule has 168 valence electrons. The van der Waals surface area contributed by atoms with E-state index in [1.807, 2.05) is 18.2 Å². The summed E-state index contributed by atoms with van der Waals surface area (Å²) in [5.41, 5.74) is 1.78. The maximum absolute atomic E-state index is 12.8. The molecular weight excluding hydrogens is 442 g/mol. The zero-order chi connectivity index (χ0) is 23.4. The summed E-state index contributed by atoms with van der Waals surface area (Å²) in [7, 11) is -3.82. The second-order valence-electron chi connectivity index (χ2n) is 7.36. The molecule has 3 N–H and O–H groups in total. The Morgan fingerprint density at radius 3 is 2.21 bits per heavy atom. The molecule has 1 atom stereocenters. The summed E-state index contributed by atoms with van der Waals surface area (Å²) in [4.78, 5) is 23.5.